The Hall–Kier alpha value is -1.69. The highest BCUT2D eigenvalue weighted by molar-refractivity contribution is 7.10. The maximum absolute atomic E-state index is 12.5. The normalized spacial score (nSPS) is 22.0. The molecule has 0 spiro atoms. The van der Waals surface area contributed by atoms with Crippen LogP contribution < -0.4 is 11.1 Å². The van der Waals surface area contributed by atoms with E-state index in [1.807, 2.05) is 29.6 Å². The average molecular weight is 330 g/mol. The van der Waals surface area contributed by atoms with E-state index < -0.39 is 0 Å². The zero-order chi connectivity index (χ0) is 16.1. The molecule has 0 aliphatic carbocycles. The molecular formula is C18H22N2O2S. The molecule has 1 aromatic heterocycles. The first-order valence-corrected chi connectivity index (χ1v) is 8.87. The lowest BCUT2D eigenvalue weighted by Crippen LogP contribution is -2.38. The lowest BCUT2D eigenvalue weighted by Gasteiger charge is -2.20. The van der Waals surface area contributed by atoms with E-state index in [0.717, 1.165) is 24.1 Å². The minimum absolute atomic E-state index is 0.0139. The lowest BCUT2D eigenvalue weighted by molar-refractivity contribution is -0.132. The third-order valence-electron chi connectivity index (χ3n) is 4.15. The van der Waals surface area contributed by atoms with Crippen LogP contribution in [0.15, 0.2) is 47.8 Å². The first-order chi connectivity index (χ1) is 11.3. The lowest BCUT2D eigenvalue weighted by atomic mass is 10.0. The molecule has 3 N–H and O–H groups in total. The maximum Gasteiger partial charge on any atom is 0.249 e. The minimum Gasteiger partial charge on any atom is -0.364 e. The fourth-order valence-corrected chi connectivity index (χ4v) is 3.68. The van der Waals surface area contributed by atoms with Crippen molar-refractivity contribution in [3.8, 4) is 0 Å². The second-order valence-electron chi connectivity index (χ2n) is 5.83. The highest BCUT2D eigenvalue weighted by Crippen LogP contribution is 2.25. The van der Waals surface area contributed by atoms with Crippen LogP contribution in [-0.2, 0) is 16.0 Å². The number of rotatable bonds is 6. The van der Waals surface area contributed by atoms with Gasteiger partial charge >= 0.3 is 0 Å². The predicted octanol–water partition coefficient (Wildman–Crippen LogP) is 2.65. The molecule has 1 saturated heterocycles. The maximum atomic E-state index is 12.5. The van der Waals surface area contributed by atoms with Crippen LogP contribution in [0.1, 0.15) is 29.3 Å². The number of hydrogen-bond acceptors (Lipinski definition) is 4. The standard InChI is InChI=1S/C18H22N2O2S/c19-12-14-8-9-16(22-14)18(21)20-15(17-7-4-10-23-17)11-13-5-2-1-3-6-13/h1-7,10,14-16H,8-9,11-12,19H2,(H,20,21)/t14-,15?,16+/m1/s1. The zero-order valence-corrected chi connectivity index (χ0v) is 13.8. The Morgan fingerprint density at radius 3 is 2.74 bits per heavy atom. The molecule has 1 amide bonds. The summed E-state index contributed by atoms with van der Waals surface area (Å²) in [5.74, 6) is -0.0321. The van der Waals surface area contributed by atoms with Crippen molar-refractivity contribution in [2.24, 2.45) is 5.73 Å². The van der Waals surface area contributed by atoms with Crippen LogP contribution >= 0.6 is 11.3 Å². The van der Waals surface area contributed by atoms with Crippen molar-refractivity contribution >= 4 is 17.2 Å². The van der Waals surface area contributed by atoms with Crippen LogP contribution in [0.4, 0.5) is 0 Å². The van der Waals surface area contributed by atoms with E-state index in [9.17, 15) is 4.79 Å². The quantitative estimate of drug-likeness (QED) is 0.856. The minimum atomic E-state index is -0.373. The summed E-state index contributed by atoms with van der Waals surface area (Å²) in [6, 6.07) is 14.3. The number of carbonyl (C=O) groups is 1. The van der Waals surface area contributed by atoms with Crippen molar-refractivity contribution < 1.29 is 9.53 Å². The highest BCUT2D eigenvalue weighted by Gasteiger charge is 2.31. The van der Waals surface area contributed by atoms with E-state index in [-0.39, 0.29) is 24.2 Å². The number of nitrogens with two attached hydrogens (primary N) is 1. The number of ether oxygens (including phenoxy) is 1. The molecule has 0 radical (unpaired) electrons. The fraction of sp³-hybridized carbons (Fsp3) is 0.389. The van der Waals surface area contributed by atoms with Crippen LogP contribution in [0.2, 0.25) is 0 Å². The molecule has 23 heavy (non-hydrogen) atoms. The Morgan fingerprint density at radius 1 is 1.26 bits per heavy atom. The fourth-order valence-electron chi connectivity index (χ4n) is 2.90. The van der Waals surface area contributed by atoms with Gasteiger partial charge in [-0.3, -0.25) is 4.79 Å². The number of carbonyl (C=O) groups excluding carboxylic acids is 1. The van der Waals surface area contributed by atoms with Gasteiger partial charge in [0.15, 0.2) is 0 Å². The van der Waals surface area contributed by atoms with E-state index >= 15 is 0 Å². The summed E-state index contributed by atoms with van der Waals surface area (Å²) in [6.07, 6.45) is 2.02. The summed E-state index contributed by atoms with van der Waals surface area (Å²) < 4.78 is 5.71. The molecule has 0 bridgehead atoms. The van der Waals surface area contributed by atoms with Crippen LogP contribution in [0.25, 0.3) is 0 Å². The van der Waals surface area contributed by atoms with Gasteiger partial charge in [-0.2, -0.15) is 0 Å². The summed E-state index contributed by atoms with van der Waals surface area (Å²) in [5, 5.41) is 5.20. The number of nitrogens with one attached hydrogen (secondary N) is 1. The Kier molecular flexibility index (Phi) is 5.43. The Labute approximate surface area is 140 Å². The van der Waals surface area contributed by atoms with Gasteiger partial charge in [0, 0.05) is 11.4 Å². The number of thiophene rings is 1. The smallest absolute Gasteiger partial charge is 0.249 e. The largest absolute Gasteiger partial charge is 0.364 e. The first-order valence-electron chi connectivity index (χ1n) is 7.99. The summed E-state index contributed by atoms with van der Waals surface area (Å²) in [4.78, 5) is 13.7. The molecule has 1 aliphatic heterocycles. The van der Waals surface area contributed by atoms with Crippen LogP contribution in [0.3, 0.4) is 0 Å². The number of hydrogen-bond donors (Lipinski definition) is 2. The molecule has 3 rings (SSSR count). The second-order valence-corrected chi connectivity index (χ2v) is 6.81. The first kappa shape index (κ1) is 16.2. The van der Waals surface area contributed by atoms with Gasteiger partial charge in [0.2, 0.25) is 5.91 Å². The van der Waals surface area contributed by atoms with Crippen molar-refractivity contribution in [3.63, 3.8) is 0 Å². The van der Waals surface area contributed by atoms with Gasteiger partial charge in [-0.05, 0) is 36.3 Å². The van der Waals surface area contributed by atoms with E-state index in [2.05, 4.69) is 23.5 Å². The molecule has 1 aromatic carbocycles. The molecule has 4 nitrogen and oxygen atoms in total. The summed E-state index contributed by atoms with van der Waals surface area (Å²) in [5.41, 5.74) is 6.83. The average Bonchev–Trinajstić information content (AvgIpc) is 3.27. The molecule has 2 heterocycles. The molecular weight excluding hydrogens is 308 g/mol. The van der Waals surface area contributed by atoms with Gasteiger partial charge in [-0.25, -0.2) is 0 Å². The molecule has 3 atom stereocenters. The number of amides is 1. The molecule has 1 fully saturated rings. The predicted molar refractivity (Wildman–Crippen MR) is 92.3 cm³/mol. The van der Waals surface area contributed by atoms with E-state index in [4.69, 9.17) is 10.5 Å². The molecule has 122 valence electrons. The SMILES string of the molecule is NC[C@H]1CC[C@@H](C(=O)NC(Cc2ccccc2)c2cccs2)O1. The van der Waals surface area contributed by atoms with E-state index in [1.165, 1.54) is 5.56 Å². The Morgan fingerprint density at radius 2 is 2.09 bits per heavy atom. The van der Waals surface area contributed by atoms with Gasteiger partial charge in [-0.1, -0.05) is 36.4 Å². The van der Waals surface area contributed by atoms with Gasteiger partial charge in [0.05, 0.1) is 12.1 Å². The van der Waals surface area contributed by atoms with Crippen molar-refractivity contribution in [1.29, 1.82) is 0 Å². The van der Waals surface area contributed by atoms with Crippen LogP contribution in [0, 0.1) is 0 Å². The molecule has 1 aliphatic rings. The molecule has 1 unspecified atom stereocenters. The molecule has 2 aromatic rings. The molecule has 0 saturated carbocycles. The summed E-state index contributed by atoms with van der Waals surface area (Å²) in [7, 11) is 0. The number of benzene rings is 1. The highest BCUT2D eigenvalue weighted by atomic mass is 32.1. The summed E-state index contributed by atoms with van der Waals surface area (Å²) >= 11 is 1.66. The van der Waals surface area contributed by atoms with Gasteiger partial charge in [-0.15, -0.1) is 11.3 Å². The second kappa shape index (κ2) is 7.73. The van der Waals surface area contributed by atoms with Crippen molar-refractivity contribution in [1.82, 2.24) is 5.32 Å². The van der Waals surface area contributed by atoms with Crippen molar-refractivity contribution in [3.05, 3.63) is 58.3 Å². The van der Waals surface area contributed by atoms with Crippen LogP contribution in [0.5, 0.6) is 0 Å². The van der Waals surface area contributed by atoms with E-state index in [0.29, 0.717) is 6.54 Å². The van der Waals surface area contributed by atoms with Gasteiger partial charge in [0.1, 0.15) is 6.10 Å². The third kappa shape index (κ3) is 4.19. The monoisotopic (exact) mass is 330 g/mol. The Balaban J connectivity index is 1.68. The van der Waals surface area contributed by atoms with Gasteiger partial charge < -0.3 is 15.8 Å². The molecule has 5 heteroatoms. The Bertz CT molecular complexity index is 615. The zero-order valence-electron chi connectivity index (χ0n) is 13.0. The topological polar surface area (TPSA) is 64.4 Å². The third-order valence-corrected chi connectivity index (χ3v) is 5.13. The van der Waals surface area contributed by atoms with E-state index in [1.54, 1.807) is 11.3 Å². The van der Waals surface area contributed by atoms with Gasteiger partial charge in [0.25, 0.3) is 0 Å². The van der Waals surface area contributed by atoms with Crippen molar-refractivity contribution in [2.45, 2.75) is 37.5 Å². The summed E-state index contributed by atoms with van der Waals surface area (Å²) in [6.45, 7) is 0.474. The van der Waals surface area contributed by atoms with Crippen molar-refractivity contribution in [2.75, 3.05) is 6.54 Å². The van der Waals surface area contributed by atoms with Crippen LogP contribution in [-0.4, -0.2) is 24.7 Å².